The second kappa shape index (κ2) is 3.06. The third-order valence-corrected chi connectivity index (χ3v) is 2.41. The molecule has 0 saturated carbocycles. The molecule has 4 atom stereocenters. The van der Waals surface area contributed by atoms with E-state index >= 15 is 0 Å². The summed E-state index contributed by atoms with van der Waals surface area (Å²) in [5, 5.41) is 27.7. The van der Waals surface area contributed by atoms with Gasteiger partial charge >= 0.3 is 0 Å². The van der Waals surface area contributed by atoms with Gasteiger partial charge in [0.1, 0.15) is 6.10 Å². The molecule has 0 aromatic rings. The molecule has 1 heterocycles. The Bertz CT molecular complexity index is 128. The van der Waals surface area contributed by atoms with Crippen LogP contribution in [-0.2, 0) is 0 Å². The third kappa shape index (κ3) is 1.54. The van der Waals surface area contributed by atoms with E-state index < -0.39 is 18.3 Å². The molecule has 0 aromatic carbocycles. The number of likely N-dealkylation sites (tertiary alicyclic amines) is 1. The number of aliphatic hydroxyl groups is 3. The van der Waals surface area contributed by atoms with Crippen LogP contribution in [0, 0.1) is 0 Å². The van der Waals surface area contributed by atoms with Gasteiger partial charge in [-0.1, -0.05) is 0 Å². The van der Waals surface area contributed by atoms with Crippen molar-refractivity contribution >= 4 is 0 Å². The Hall–Kier alpha value is -0.160. The van der Waals surface area contributed by atoms with E-state index in [4.69, 9.17) is 0 Å². The molecule has 0 amide bonds. The second-order valence-corrected chi connectivity index (χ2v) is 3.23. The van der Waals surface area contributed by atoms with Gasteiger partial charge < -0.3 is 15.3 Å². The zero-order chi connectivity index (χ0) is 8.59. The standard InChI is InChI=1S/C7H15NO3/c1-4-6(10)7(11)5(9)3-8(4)2/h4-7,9-11H,3H2,1-2H3/t4-,5+,6?,7?/m1/s1. The van der Waals surface area contributed by atoms with E-state index in [1.165, 1.54) is 0 Å². The molecule has 0 aromatic heterocycles. The number of likely N-dealkylation sites (N-methyl/N-ethyl adjacent to an activating group) is 1. The Labute approximate surface area is 66.1 Å². The van der Waals surface area contributed by atoms with E-state index in [-0.39, 0.29) is 6.04 Å². The highest BCUT2D eigenvalue weighted by Gasteiger charge is 2.36. The monoisotopic (exact) mass is 161 g/mol. The van der Waals surface area contributed by atoms with Crippen molar-refractivity contribution in [1.29, 1.82) is 0 Å². The average molecular weight is 161 g/mol. The normalized spacial score (nSPS) is 47.7. The predicted molar refractivity (Wildman–Crippen MR) is 40.1 cm³/mol. The predicted octanol–water partition coefficient (Wildman–Crippen LogP) is -1.60. The minimum absolute atomic E-state index is 0.0894. The van der Waals surface area contributed by atoms with E-state index in [1.807, 2.05) is 18.9 Å². The maximum Gasteiger partial charge on any atom is 0.108 e. The maximum atomic E-state index is 9.34. The number of hydrogen-bond acceptors (Lipinski definition) is 4. The Balaban J connectivity index is 2.63. The molecular weight excluding hydrogens is 146 g/mol. The van der Waals surface area contributed by atoms with Crippen LogP contribution in [0.25, 0.3) is 0 Å². The first-order valence-electron chi connectivity index (χ1n) is 3.78. The van der Waals surface area contributed by atoms with Crippen molar-refractivity contribution < 1.29 is 15.3 Å². The van der Waals surface area contributed by atoms with Gasteiger partial charge in [0.2, 0.25) is 0 Å². The lowest BCUT2D eigenvalue weighted by molar-refractivity contribution is -0.127. The minimum Gasteiger partial charge on any atom is -0.389 e. The summed E-state index contributed by atoms with van der Waals surface area (Å²) in [5.41, 5.74) is 0. The fourth-order valence-corrected chi connectivity index (χ4v) is 1.34. The number of piperidine rings is 1. The highest BCUT2D eigenvalue weighted by Crippen LogP contribution is 2.16. The molecule has 0 aliphatic carbocycles. The quantitative estimate of drug-likeness (QED) is 0.400. The summed E-state index contributed by atoms with van der Waals surface area (Å²) in [5.74, 6) is 0. The van der Waals surface area contributed by atoms with Gasteiger partial charge in [-0.05, 0) is 14.0 Å². The van der Waals surface area contributed by atoms with Crippen molar-refractivity contribution in [2.24, 2.45) is 0 Å². The molecule has 0 spiro atoms. The lowest BCUT2D eigenvalue weighted by Crippen LogP contribution is -2.58. The van der Waals surface area contributed by atoms with E-state index in [0.29, 0.717) is 6.54 Å². The highest BCUT2D eigenvalue weighted by molar-refractivity contribution is 4.90. The van der Waals surface area contributed by atoms with Crippen LogP contribution in [0.15, 0.2) is 0 Å². The topological polar surface area (TPSA) is 63.9 Å². The van der Waals surface area contributed by atoms with Crippen LogP contribution in [-0.4, -0.2) is 58.2 Å². The Morgan fingerprint density at radius 2 is 1.73 bits per heavy atom. The fraction of sp³-hybridized carbons (Fsp3) is 1.00. The van der Waals surface area contributed by atoms with Crippen LogP contribution in [0.3, 0.4) is 0 Å². The first-order valence-corrected chi connectivity index (χ1v) is 3.78. The van der Waals surface area contributed by atoms with Gasteiger partial charge in [0.25, 0.3) is 0 Å². The van der Waals surface area contributed by atoms with Crippen molar-refractivity contribution in [1.82, 2.24) is 4.90 Å². The molecular formula is C7H15NO3. The van der Waals surface area contributed by atoms with Crippen LogP contribution >= 0.6 is 0 Å². The Morgan fingerprint density at radius 3 is 2.27 bits per heavy atom. The molecule has 0 radical (unpaired) electrons. The molecule has 1 aliphatic heterocycles. The summed E-state index contributed by atoms with van der Waals surface area (Å²) >= 11 is 0. The van der Waals surface area contributed by atoms with Gasteiger partial charge in [-0.3, -0.25) is 4.90 Å². The van der Waals surface area contributed by atoms with Crippen molar-refractivity contribution in [2.45, 2.75) is 31.3 Å². The molecule has 2 unspecified atom stereocenters. The lowest BCUT2D eigenvalue weighted by Gasteiger charge is -2.40. The molecule has 66 valence electrons. The zero-order valence-corrected chi connectivity index (χ0v) is 6.81. The van der Waals surface area contributed by atoms with Gasteiger partial charge in [-0.15, -0.1) is 0 Å². The number of hydrogen-bond donors (Lipinski definition) is 3. The molecule has 4 heteroatoms. The third-order valence-electron chi connectivity index (χ3n) is 2.41. The summed E-state index contributed by atoms with van der Waals surface area (Å²) < 4.78 is 0. The van der Waals surface area contributed by atoms with Crippen molar-refractivity contribution in [2.75, 3.05) is 13.6 Å². The van der Waals surface area contributed by atoms with Crippen molar-refractivity contribution in [3.05, 3.63) is 0 Å². The smallest absolute Gasteiger partial charge is 0.108 e. The number of nitrogens with zero attached hydrogens (tertiary/aromatic N) is 1. The average Bonchev–Trinajstić information content (AvgIpc) is 1.97. The largest absolute Gasteiger partial charge is 0.389 e. The summed E-state index contributed by atoms with van der Waals surface area (Å²) in [4.78, 5) is 1.82. The van der Waals surface area contributed by atoms with E-state index in [9.17, 15) is 15.3 Å². The molecule has 1 rings (SSSR count). The van der Waals surface area contributed by atoms with E-state index in [1.54, 1.807) is 0 Å². The van der Waals surface area contributed by atoms with Crippen LogP contribution in [0.1, 0.15) is 6.92 Å². The van der Waals surface area contributed by atoms with E-state index in [0.717, 1.165) is 0 Å². The number of rotatable bonds is 0. The van der Waals surface area contributed by atoms with Crippen LogP contribution in [0.2, 0.25) is 0 Å². The first kappa shape index (κ1) is 8.93. The lowest BCUT2D eigenvalue weighted by atomic mass is 9.96. The Kier molecular flexibility index (Phi) is 2.49. The first-order chi connectivity index (χ1) is 5.04. The van der Waals surface area contributed by atoms with Crippen molar-refractivity contribution in [3.63, 3.8) is 0 Å². The SMILES string of the molecule is C[C@@H]1C(O)C(O)[C@@H](O)CN1C. The minimum atomic E-state index is -0.999. The molecule has 4 nitrogen and oxygen atoms in total. The van der Waals surface area contributed by atoms with Gasteiger partial charge in [0.05, 0.1) is 12.2 Å². The second-order valence-electron chi connectivity index (χ2n) is 3.23. The summed E-state index contributed by atoms with van der Waals surface area (Å²) in [6.45, 7) is 2.24. The highest BCUT2D eigenvalue weighted by atomic mass is 16.4. The van der Waals surface area contributed by atoms with Crippen molar-refractivity contribution in [3.8, 4) is 0 Å². The molecule has 0 bridgehead atoms. The molecule has 1 saturated heterocycles. The van der Waals surface area contributed by atoms with Crippen LogP contribution in [0.5, 0.6) is 0 Å². The van der Waals surface area contributed by atoms with E-state index in [2.05, 4.69) is 0 Å². The number of β-amino-alcohol motifs (C(OH)–C–C–N with tert-alkyl or cyclic N) is 1. The molecule has 1 fully saturated rings. The van der Waals surface area contributed by atoms with Gasteiger partial charge in [0.15, 0.2) is 0 Å². The molecule has 1 aliphatic rings. The van der Waals surface area contributed by atoms with Gasteiger partial charge in [0, 0.05) is 12.6 Å². The zero-order valence-electron chi connectivity index (χ0n) is 6.81. The Morgan fingerprint density at radius 1 is 1.18 bits per heavy atom. The summed E-state index contributed by atoms with van der Waals surface area (Å²) in [6.07, 6.45) is -2.67. The van der Waals surface area contributed by atoms with Gasteiger partial charge in [-0.2, -0.15) is 0 Å². The van der Waals surface area contributed by atoms with Gasteiger partial charge in [-0.25, -0.2) is 0 Å². The maximum absolute atomic E-state index is 9.34. The fourth-order valence-electron chi connectivity index (χ4n) is 1.34. The van der Waals surface area contributed by atoms with Crippen LogP contribution in [0.4, 0.5) is 0 Å². The molecule has 3 N–H and O–H groups in total. The summed E-state index contributed by atoms with van der Waals surface area (Å²) in [6, 6.07) is -0.0894. The summed E-state index contributed by atoms with van der Waals surface area (Å²) in [7, 11) is 1.81. The van der Waals surface area contributed by atoms with Crippen LogP contribution < -0.4 is 0 Å². The number of aliphatic hydroxyl groups excluding tert-OH is 3. The molecule has 11 heavy (non-hydrogen) atoms.